The number of rotatable bonds is 7. The van der Waals surface area contributed by atoms with E-state index in [1.54, 1.807) is 11.0 Å². The molecule has 36 heavy (non-hydrogen) atoms. The highest BCUT2D eigenvalue weighted by atomic mass is 16.5. The van der Waals surface area contributed by atoms with Gasteiger partial charge in [0.1, 0.15) is 50.6 Å². The number of anilines is 1. The molecule has 3 heterocycles. The number of carbonyl (C=O) groups is 1. The van der Waals surface area contributed by atoms with Crippen molar-refractivity contribution in [3.8, 4) is 5.75 Å². The predicted molar refractivity (Wildman–Crippen MR) is 141 cm³/mol. The maximum atomic E-state index is 14.2. The molecule has 7 nitrogen and oxygen atoms in total. The number of hydrogen-bond acceptors (Lipinski definition) is 4. The van der Waals surface area contributed by atoms with Crippen LogP contribution in [-0.2, 0) is 12.8 Å². The van der Waals surface area contributed by atoms with Crippen molar-refractivity contribution in [3.05, 3.63) is 69.6 Å². The van der Waals surface area contributed by atoms with Crippen molar-refractivity contribution >= 4 is 22.6 Å². The largest absolute Gasteiger partial charge is 0.487 e. The Labute approximate surface area is 212 Å². The Bertz CT molecular complexity index is 1290. The maximum absolute atomic E-state index is 14.2. The number of hydrogen-bond donors (Lipinski definition) is 2. The fourth-order valence-electron chi connectivity index (χ4n) is 5.54. The second kappa shape index (κ2) is 10.8. The van der Waals surface area contributed by atoms with Crippen LogP contribution in [0.2, 0.25) is 0 Å². The van der Waals surface area contributed by atoms with E-state index in [1.807, 2.05) is 35.2 Å². The molecule has 1 fully saturated rings. The zero-order valence-electron chi connectivity index (χ0n) is 21.4. The van der Waals surface area contributed by atoms with Gasteiger partial charge >= 0.3 is 5.63 Å². The van der Waals surface area contributed by atoms with Gasteiger partial charge < -0.3 is 23.9 Å². The first-order valence-corrected chi connectivity index (χ1v) is 13.3. The highest BCUT2D eigenvalue weighted by molar-refractivity contribution is 6.15. The zero-order valence-corrected chi connectivity index (χ0v) is 21.4. The lowest BCUT2D eigenvalue weighted by Gasteiger charge is -2.30. The van der Waals surface area contributed by atoms with Gasteiger partial charge in [-0.15, -0.1) is 0 Å². The van der Waals surface area contributed by atoms with E-state index in [1.165, 1.54) is 4.90 Å². The van der Waals surface area contributed by atoms with E-state index < -0.39 is 5.63 Å². The van der Waals surface area contributed by atoms with Crippen LogP contribution in [0, 0.1) is 0 Å². The van der Waals surface area contributed by atoms with Crippen LogP contribution in [0.5, 0.6) is 5.75 Å². The summed E-state index contributed by atoms with van der Waals surface area (Å²) >= 11 is 0. The molecule has 2 aromatic carbocycles. The number of piperazine rings is 1. The lowest BCUT2D eigenvalue weighted by atomic mass is 9.98. The molecule has 3 aromatic rings. The Hall–Kier alpha value is -3.16. The quantitative estimate of drug-likeness (QED) is 0.487. The highest BCUT2D eigenvalue weighted by Gasteiger charge is 2.29. The summed E-state index contributed by atoms with van der Waals surface area (Å²) in [4.78, 5) is 31.6. The summed E-state index contributed by atoms with van der Waals surface area (Å²) < 4.78 is 12.0. The lowest BCUT2D eigenvalue weighted by Crippen LogP contribution is -3.27. The number of para-hydroxylation sites is 1. The first-order chi connectivity index (χ1) is 17.5. The molecule has 1 amide bonds. The summed E-state index contributed by atoms with van der Waals surface area (Å²) in [5.74, 6) is 0.321. The molecule has 1 aromatic heterocycles. The summed E-state index contributed by atoms with van der Waals surface area (Å²) in [6.07, 6.45) is 3.49. The molecule has 2 aliphatic heterocycles. The van der Waals surface area contributed by atoms with Crippen LogP contribution >= 0.6 is 0 Å². The van der Waals surface area contributed by atoms with Crippen molar-refractivity contribution in [2.75, 3.05) is 57.8 Å². The van der Waals surface area contributed by atoms with Gasteiger partial charge in [-0.2, -0.15) is 0 Å². The smallest absolute Gasteiger partial charge is 0.336 e. The van der Waals surface area contributed by atoms with E-state index >= 15 is 0 Å². The maximum Gasteiger partial charge on any atom is 0.336 e. The number of benzene rings is 2. The molecule has 0 bridgehead atoms. The topological polar surface area (TPSA) is 68.6 Å². The molecule has 0 unspecified atom stereocenters. The predicted octanol–water partition coefficient (Wildman–Crippen LogP) is 1.13. The Morgan fingerprint density at radius 1 is 1.11 bits per heavy atom. The fraction of sp³-hybridized carbons (Fsp3) is 0.448. The van der Waals surface area contributed by atoms with Crippen molar-refractivity contribution in [1.82, 2.24) is 0 Å². The number of nitrogens with one attached hydrogen (secondary N) is 2. The molecule has 2 aliphatic rings. The molecule has 190 valence electrons. The Morgan fingerprint density at radius 3 is 2.72 bits per heavy atom. The molecule has 1 saturated heterocycles. The summed E-state index contributed by atoms with van der Waals surface area (Å²) in [6.45, 7) is 8.66. The molecule has 7 heteroatoms. The van der Waals surface area contributed by atoms with Crippen molar-refractivity contribution in [2.24, 2.45) is 0 Å². The first kappa shape index (κ1) is 24.5. The van der Waals surface area contributed by atoms with Gasteiger partial charge in [-0.25, -0.2) is 4.79 Å². The van der Waals surface area contributed by atoms with Gasteiger partial charge in [-0.1, -0.05) is 31.5 Å². The monoisotopic (exact) mass is 491 g/mol. The van der Waals surface area contributed by atoms with Crippen LogP contribution in [0.25, 0.3) is 11.0 Å². The molecule has 0 radical (unpaired) electrons. The summed E-state index contributed by atoms with van der Waals surface area (Å²) in [5, 5.41) is 0.810. The minimum atomic E-state index is -0.430. The lowest BCUT2D eigenvalue weighted by molar-refractivity contribution is -1.00. The van der Waals surface area contributed by atoms with Crippen LogP contribution in [0.1, 0.15) is 41.3 Å². The number of carbonyl (C=O) groups excluding carboxylic acids is 1. The molecule has 0 aliphatic carbocycles. The third-order valence-corrected chi connectivity index (χ3v) is 7.57. The Morgan fingerprint density at radius 2 is 1.92 bits per heavy atom. The summed E-state index contributed by atoms with van der Waals surface area (Å²) in [5.41, 5.74) is 3.26. The van der Waals surface area contributed by atoms with Crippen LogP contribution in [0.15, 0.2) is 51.7 Å². The molecular weight excluding hydrogens is 454 g/mol. The van der Waals surface area contributed by atoms with E-state index in [9.17, 15) is 9.59 Å². The van der Waals surface area contributed by atoms with E-state index in [0.29, 0.717) is 30.0 Å². The van der Waals surface area contributed by atoms with E-state index in [2.05, 4.69) is 20.0 Å². The van der Waals surface area contributed by atoms with E-state index in [-0.39, 0.29) is 5.91 Å². The third-order valence-electron chi connectivity index (χ3n) is 7.57. The second-order valence-electron chi connectivity index (χ2n) is 10.2. The minimum absolute atomic E-state index is 0.171. The normalized spacial score (nSPS) is 19.8. The van der Waals surface area contributed by atoms with Crippen LogP contribution in [0.3, 0.4) is 0 Å². The van der Waals surface area contributed by atoms with Gasteiger partial charge in [0.2, 0.25) is 0 Å². The van der Waals surface area contributed by atoms with Crippen LogP contribution in [0.4, 0.5) is 5.69 Å². The SMILES string of the molecule is CCCc1cc(=O)oc2c(C(=O)N3CCCc4ccccc43)c(OCC[NH+]3CC[NH+](C)CC3)ccc12. The van der Waals surface area contributed by atoms with Crippen LogP contribution in [-0.4, -0.2) is 58.8 Å². The number of quaternary nitrogens is 2. The Kier molecular flexibility index (Phi) is 7.39. The number of nitrogens with zero attached hydrogens (tertiary/aromatic N) is 1. The van der Waals surface area contributed by atoms with Crippen molar-refractivity contribution in [3.63, 3.8) is 0 Å². The second-order valence-corrected chi connectivity index (χ2v) is 10.2. The number of amides is 1. The molecule has 0 saturated carbocycles. The van der Waals surface area contributed by atoms with E-state index in [4.69, 9.17) is 9.15 Å². The van der Waals surface area contributed by atoms with Crippen molar-refractivity contribution < 1.29 is 23.7 Å². The van der Waals surface area contributed by atoms with Crippen molar-refractivity contribution in [2.45, 2.75) is 32.6 Å². The van der Waals surface area contributed by atoms with Crippen LogP contribution < -0.4 is 25.1 Å². The number of aryl methyl sites for hydroxylation is 2. The first-order valence-electron chi connectivity index (χ1n) is 13.3. The molecule has 0 spiro atoms. The Balaban J connectivity index is 1.52. The molecule has 2 N–H and O–H groups in total. The van der Waals surface area contributed by atoms with Crippen molar-refractivity contribution in [1.29, 1.82) is 0 Å². The third kappa shape index (κ3) is 5.04. The molecule has 5 rings (SSSR count). The van der Waals surface area contributed by atoms with Gasteiger partial charge in [0.15, 0.2) is 5.58 Å². The standard InChI is InChI=1S/C29H35N3O4/c1-3-7-22-20-26(33)36-28-23(22)11-12-25(35-19-18-31-16-14-30(2)15-17-31)27(28)29(34)32-13-6-9-21-8-4-5-10-24(21)32/h4-5,8,10-12,20H,3,6-7,9,13-19H2,1-2H3/p+2. The van der Waals surface area contributed by atoms with Gasteiger partial charge in [-0.05, 0) is 48.6 Å². The van der Waals surface area contributed by atoms with Gasteiger partial charge in [0.05, 0.1) is 7.05 Å². The minimum Gasteiger partial charge on any atom is -0.487 e. The summed E-state index contributed by atoms with van der Waals surface area (Å²) in [6, 6.07) is 13.4. The molecular formula is C29H37N3O4+2. The van der Waals surface area contributed by atoms with E-state index in [0.717, 1.165) is 80.6 Å². The molecule has 0 atom stereocenters. The number of fused-ring (bicyclic) bond motifs is 2. The average Bonchev–Trinajstić information content (AvgIpc) is 2.89. The highest BCUT2D eigenvalue weighted by Crippen LogP contribution is 2.34. The fourth-order valence-corrected chi connectivity index (χ4v) is 5.54. The average molecular weight is 492 g/mol. The van der Waals surface area contributed by atoms with Gasteiger partial charge in [0, 0.05) is 23.7 Å². The number of ether oxygens (including phenoxy) is 1. The number of likely N-dealkylation sites (N-methyl/N-ethyl adjacent to an activating group) is 1. The summed E-state index contributed by atoms with van der Waals surface area (Å²) in [7, 11) is 2.24. The van der Waals surface area contributed by atoms with Gasteiger partial charge in [-0.3, -0.25) is 4.79 Å². The van der Waals surface area contributed by atoms with Gasteiger partial charge in [0.25, 0.3) is 5.91 Å². The zero-order chi connectivity index (χ0) is 25.1.